The molecule has 2 aliphatic heterocycles. The quantitative estimate of drug-likeness (QED) is 0.523. The van der Waals surface area contributed by atoms with E-state index < -0.39 is 0 Å². The minimum atomic E-state index is 0.169. The predicted octanol–water partition coefficient (Wildman–Crippen LogP) is 4.15. The monoisotopic (exact) mass is 392 g/mol. The summed E-state index contributed by atoms with van der Waals surface area (Å²) < 4.78 is 11.1. The Morgan fingerprint density at radius 3 is 2.59 bits per heavy atom. The van der Waals surface area contributed by atoms with Crippen LogP contribution < -0.4 is 14.4 Å². The molecule has 0 atom stereocenters. The van der Waals surface area contributed by atoms with Gasteiger partial charge in [0.25, 0.3) is 0 Å². The van der Waals surface area contributed by atoms with Crippen LogP contribution >= 0.6 is 0 Å². The number of fused-ring (bicyclic) bond motifs is 1. The Labute approximate surface area is 172 Å². The second-order valence-corrected chi connectivity index (χ2v) is 7.51. The summed E-state index contributed by atoms with van der Waals surface area (Å²) in [7, 11) is 0. The number of unbranched alkanes of at least 4 members (excludes halogenated alkanes) is 1. The number of nitrogens with zero attached hydrogens (tertiary/aromatic N) is 2. The molecule has 4 rings (SSSR count). The zero-order valence-electron chi connectivity index (χ0n) is 16.8. The van der Waals surface area contributed by atoms with E-state index in [1.54, 1.807) is 18.4 Å². The Hall–Kier alpha value is -2.79. The van der Waals surface area contributed by atoms with Crippen LogP contribution in [0.5, 0.6) is 11.5 Å². The average Bonchev–Trinajstić information content (AvgIpc) is 3.02. The topological polar surface area (TPSA) is 42.0 Å². The molecule has 2 aromatic carbocycles. The van der Waals surface area contributed by atoms with E-state index in [9.17, 15) is 4.79 Å². The standard InChI is InChI=1S/C24H28N2O3/c27-22(20-10-11-23-24(19-20)29-18-6-17-28-23)9-4-5-12-25-13-15-26(16-14-25)21-7-2-1-3-8-21/h1-3,6-8,10-11,17,19H,4-5,9,12-16,18H2. The van der Waals surface area contributed by atoms with Crippen molar-refractivity contribution in [2.45, 2.75) is 19.3 Å². The van der Waals surface area contributed by atoms with Crippen molar-refractivity contribution in [2.24, 2.45) is 0 Å². The second-order valence-electron chi connectivity index (χ2n) is 7.51. The second kappa shape index (κ2) is 9.61. The lowest BCUT2D eigenvalue weighted by Crippen LogP contribution is -2.46. The van der Waals surface area contributed by atoms with Gasteiger partial charge in [-0.25, -0.2) is 0 Å². The van der Waals surface area contributed by atoms with Crippen LogP contribution in [0.15, 0.2) is 60.9 Å². The molecule has 152 valence electrons. The number of para-hydroxylation sites is 1. The molecule has 5 nitrogen and oxygen atoms in total. The molecule has 0 amide bonds. The Morgan fingerprint density at radius 2 is 1.76 bits per heavy atom. The van der Waals surface area contributed by atoms with Crippen LogP contribution in [0, 0.1) is 0 Å². The number of anilines is 1. The van der Waals surface area contributed by atoms with Gasteiger partial charge in [-0.05, 0) is 55.8 Å². The number of ether oxygens (including phenoxy) is 2. The van der Waals surface area contributed by atoms with Crippen LogP contribution in [-0.4, -0.2) is 50.0 Å². The first-order chi connectivity index (χ1) is 14.3. The fourth-order valence-corrected chi connectivity index (χ4v) is 3.82. The lowest BCUT2D eigenvalue weighted by molar-refractivity contribution is 0.0977. The normalized spacial score (nSPS) is 16.5. The third-order valence-electron chi connectivity index (χ3n) is 5.51. The van der Waals surface area contributed by atoms with E-state index in [1.165, 1.54) is 5.69 Å². The summed E-state index contributed by atoms with van der Waals surface area (Å²) >= 11 is 0. The third-order valence-corrected chi connectivity index (χ3v) is 5.51. The Kier molecular flexibility index (Phi) is 6.47. The van der Waals surface area contributed by atoms with E-state index in [2.05, 4.69) is 40.1 Å². The van der Waals surface area contributed by atoms with Gasteiger partial charge >= 0.3 is 0 Å². The zero-order valence-corrected chi connectivity index (χ0v) is 16.8. The number of hydrogen-bond donors (Lipinski definition) is 0. The minimum Gasteiger partial charge on any atom is -0.485 e. The van der Waals surface area contributed by atoms with E-state index in [0.29, 0.717) is 30.1 Å². The predicted molar refractivity (Wildman–Crippen MR) is 115 cm³/mol. The molecular formula is C24H28N2O3. The van der Waals surface area contributed by atoms with Gasteiger partial charge in [-0.1, -0.05) is 18.2 Å². The van der Waals surface area contributed by atoms with Crippen molar-refractivity contribution in [2.75, 3.05) is 44.2 Å². The average molecular weight is 392 g/mol. The fraction of sp³-hybridized carbons (Fsp3) is 0.375. The highest BCUT2D eigenvalue weighted by molar-refractivity contribution is 5.96. The van der Waals surface area contributed by atoms with Gasteiger partial charge in [0.1, 0.15) is 6.61 Å². The maximum atomic E-state index is 12.5. The van der Waals surface area contributed by atoms with E-state index in [-0.39, 0.29) is 5.78 Å². The van der Waals surface area contributed by atoms with Crippen LogP contribution in [0.25, 0.3) is 0 Å². The van der Waals surface area contributed by atoms with Crippen molar-refractivity contribution in [3.8, 4) is 11.5 Å². The highest BCUT2D eigenvalue weighted by atomic mass is 16.5. The summed E-state index contributed by atoms with van der Waals surface area (Å²) in [5, 5.41) is 0. The van der Waals surface area contributed by atoms with E-state index in [4.69, 9.17) is 9.47 Å². The third kappa shape index (κ3) is 5.18. The molecular weight excluding hydrogens is 364 g/mol. The number of carbonyl (C=O) groups excluding carboxylic acids is 1. The lowest BCUT2D eigenvalue weighted by Gasteiger charge is -2.36. The summed E-state index contributed by atoms with van der Waals surface area (Å²) in [4.78, 5) is 17.5. The number of ketones is 1. The Balaban J connectivity index is 1.18. The van der Waals surface area contributed by atoms with Crippen molar-refractivity contribution >= 4 is 11.5 Å². The minimum absolute atomic E-state index is 0.169. The summed E-state index contributed by atoms with van der Waals surface area (Å²) in [6.07, 6.45) is 5.95. The lowest BCUT2D eigenvalue weighted by atomic mass is 10.0. The highest BCUT2D eigenvalue weighted by Gasteiger charge is 2.17. The van der Waals surface area contributed by atoms with Crippen molar-refractivity contribution < 1.29 is 14.3 Å². The van der Waals surface area contributed by atoms with E-state index in [1.807, 2.05) is 12.1 Å². The number of carbonyl (C=O) groups is 1. The molecule has 2 heterocycles. The molecule has 1 fully saturated rings. The smallest absolute Gasteiger partial charge is 0.168 e. The van der Waals surface area contributed by atoms with Crippen molar-refractivity contribution in [1.82, 2.24) is 4.90 Å². The molecule has 0 radical (unpaired) electrons. The fourth-order valence-electron chi connectivity index (χ4n) is 3.82. The molecule has 5 heteroatoms. The highest BCUT2D eigenvalue weighted by Crippen LogP contribution is 2.30. The number of benzene rings is 2. The van der Waals surface area contributed by atoms with Crippen molar-refractivity contribution in [3.05, 3.63) is 66.4 Å². The molecule has 0 unspecified atom stereocenters. The maximum Gasteiger partial charge on any atom is 0.168 e. The van der Waals surface area contributed by atoms with Crippen LogP contribution in [0.3, 0.4) is 0 Å². The van der Waals surface area contributed by atoms with Crippen LogP contribution in [0.1, 0.15) is 29.6 Å². The molecule has 0 aromatic heterocycles. The SMILES string of the molecule is O=C(CCCCN1CCN(c2ccccc2)CC1)c1ccc2c(c1)OCC=CO2. The number of piperazine rings is 1. The summed E-state index contributed by atoms with van der Waals surface area (Å²) in [6, 6.07) is 16.0. The molecule has 0 saturated carbocycles. The van der Waals surface area contributed by atoms with Crippen LogP contribution in [-0.2, 0) is 0 Å². The molecule has 29 heavy (non-hydrogen) atoms. The van der Waals surface area contributed by atoms with Gasteiger partial charge in [-0.15, -0.1) is 0 Å². The van der Waals surface area contributed by atoms with Crippen molar-refractivity contribution in [1.29, 1.82) is 0 Å². The van der Waals surface area contributed by atoms with Gasteiger partial charge in [-0.3, -0.25) is 9.69 Å². The Morgan fingerprint density at radius 1 is 0.931 bits per heavy atom. The maximum absolute atomic E-state index is 12.5. The van der Waals surface area contributed by atoms with Gasteiger partial charge in [0.2, 0.25) is 0 Å². The number of hydrogen-bond acceptors (Lipinski definition) is 5. The molecule has 1 saturated heterocycles. The van der Waals surface area contributed by atoms with Gasteiger partial charge in [-0.2, -0.15) is 0 Å². The first-order valence-corrected chi connectivity index (χ1v) is 10.4. The Bertz CT molecular complexity index is 842. The summed E-state index contributed by atoms with van der Waals surface area (Å²) in [5.74, 6) is 1.46. The molecule has 0 spiro atoms. The first kappa shape index (κ1) is 19.5. The number of Topliss-reactive ketones (excluding diaryl/α,β-unsaturated/α-hetero) is 1. The molecule has 0 N–H and O–H groups in total. The van der Waals surface area contributed by atoms with Gasteiger partial charge < -0.3 is 14.4 Å². The first-order valence-electron chi connectivity index (χ1n) is 10.4. The van der Waals surface area contributed by atoms with Crippen LogP contribution in [0.4, 0.5) is 5.69 Å². The molecule has 2 aromatic rings. The van der Waals surface area contributed by atoms with Gasteiger partial charge in [0, 0.05) is 43.9 Å². The molecule has 0 bridgehead atoms. The van der Waals surface area contributed by atoms with Gasteiger partial charge in [0.15, 0.2) is 17.3 Å². The zero-order chi connectivity index (χ0) is 19.9. The summed E-state index contributed by atoms with van der Waals surface area (Å²) in [5.41, 5.74) is 2.01. The van der Waals surface area contributed by atoms with E-state index >= 15 is 0 Å². The van der Waals surface area contributed by atoms with Crippen LogP contribution in [0.2, 0.25) is 0 Å². The van der Waals surface area contributed by atoms with Gasteiger partial charge in [0.05, 0.1) is 6.26 Å². The summed E-state index contributed by atoms with van der Waals surface area (Å²) in [6.45, 7) is 5.81. The van der Waals surface area contributed by atoms with E-state index in [0.717, 1.165) is 45.6 Å². The largest absolute Gasteiger partial charge is 0.485 e. The molecule has 0 aliphatic carbocycles. The molecule has 2 aliphatic rings. The number of rotatable bonds is 7. The van der Waals surface area contributed by atoms with Crippen molar-refractivity contribution in [3.63, 3.8) is 0 Å².